The summed E-state index contributed by atoms with van der Waals surface area (Å²) in [7, 11) is 0. The van der Waals surface area contributed by atoms with Crippen LogP contribution in [0.25, 0.3) is 23.1 Å². The Balaban J connectivity index is 1.90. The fourth-order valence-corrected chi connectivity index (χ4v) is 2.40. The van der Waals surface area contributed by atoms with Gasteiger partial charge in [0.15, 0.2) is 0 Å². The normalized spacial score (nSPS) is 11.1. The predicted octanol–water partition coefficient (Wildman–Crippen LogP) is 4.97. The van der Waals surface area contributed by atoms with Gasteiger partial charge in [-0.25, -0.2) is 4.98 Å². The number of non-ortho nitro benzene ring substituents is 1. The van der Waals surface area contributed by atoms with Crippen LogP contribution < -0.4 is 0 Å². The molecule has 0 spiro atoms. The maximum Gasteiger partial charge on any atom is 0.269 e. The van der Waals surface area contributed by atoms with Crippen LogP contribution in [0.4, 0.5) is 5.69 Å². The molecule has 0 unspecified atom stereocenters. The van der Waals surface area contributed by atoms with Gasteiger partial charge in [-0.15, -0.1) is 0 Å². The molecule has 0 atom stereocenters. The molecule has 0 N–H and O–H groups in total. The van der Waals surface area contributed by atoms with Gasteiger partial charge < -0.3 is 0 Å². The molecule has 1 heterocycles. The zero-order valence-electron chi connectivity index (χ0n) is 11.4. The number of benzene rings is 2. The molecule has 0 aliphatic rings. The van der Waals surface area contributed by atoms with E-state index in [1.807, 2.05) is 36.4 Å². The van der Waals surface area contributed by atoms with Crippen molar-refractivity contribution in [1.29, 1.82) is 0 Å². The average Bonchev–Trinajstić information content (AvgIpc) is 2.53. The molecule has 0 saturated heterocycles. The van der Waals surface area contributed by atoms with E-state index in [-0.39, 0.29) is 5.69 Å². The number of nitrogens with zero attached hydrogens (tertiary/aromatic N) is 2. The third kappa shape index (κ3) is 2.97. The van der Waals surface area contributed by atoms with Crippen molar-refractivity contribution in [2.75, 3.05) is 0 Å². The van der Waals surface area contributed by atoms with Crippen molar-refractivity contribution in [3.05, 3.63) is 81.0 Å². The number of rotatable bonds is 3. The Kier molecular flexibility index (Phi) is 3.85. The van der Waals surface area contributed by atoms with Crippen LogP contribution in [0.15, 0.2) is 54.6 Å². The minimum Gasteiger partial charge on any atom is -0.258 e. The first-order valence-corrected chi connectivity index (χ1v) is 6.99. The van der Waals surface area contributed by atoms with Crippen LogP contribution in [0, 0.1) is 10.1 Å². The van der Waals surface area contributed by atoms with E-state index < -0.39 is 4.92 Å². The number of para-hydroxylation sites is 1. The molecule has 3 aromatic rings. The summed E-state index contributed by atoms with van der Waals surface area (Å²) in [5.41, 5.74) is 2.50. The van der Waals surface area contributed by atoms with Gasteiger partial charge in [0.25, 0.3) is 5.69 Å². The fraction of sp³-hybridized carbons (Fsp3) is 0. The van der Waals surface area contributed by atoms with Crippen molar-refractivity contribution in [2.45, 2.75) is 0 Å². The van der Waals surface area contributed by atoms with Gasteiger partial charge in [-0.1, -0.05) is 35.9 Å². The lowest BCUT2D eigenvalue weighted by atomic mass is 10.1. The molecule has 3 rings (SSSR count). The molecule has 0 aliphatic carbocycles. The lowest BCUT2D eigenvalue weighted by Crippen LogP contribution is -1.87. The standard InChI is InChI=1S/C17H11ClN2O2/c18-16-11-13(19-17-4-2-1-3-15(16)17)8-5-12-6-9-14(10-7-12)20(21)22/h1-11H/b8-5+. The Hall–Kier alpha value is -2.72. The smallest absolute Gasteiger partial charge is 0.258 e. The van der Waals surface area contributed by atoms with Crippen LogP contribution in [0.3, 0.4) is 0 Å². The zero-order chi connectivity index (χ0) is 15.5. The van der Waals surface area contributed by atoms with Crippen LogP contribution in [-0.2, 0) is 0 Å². The lowest BCUT2D eigenvalue weighted by Gasteiger charge is -2.01. The third-order valence-corrected chi connectivity index (χ3v) is 3.55. The van der Waals surface area contributed by atoms with E-state index >= 15 is 0 Å². The largest absolute Gasteiger partial charge is 0.269 e. The lowest BCUT2D eigenvalue weighted by molar-refractivity contribution is -0.384. The summed E-state index contributed by atoms with van der Waals surface area (Å²) in [4.78, 5) is 14.7. The Morgan fingerprint density at radius 3 is 2.50 bits per heavy atom. The van der Waals surface area contributed by atoms with Gasteiger partial charge in [0.2, 0.25) is 0 Å². The van der Waals surface area contributed by atoms with Gasteiger partial charge in [0, 0.05) is 17.5 Å². The number of pyridine rings is 1. The molecule has 0 radical (unpaired) electrons. The maximum atomic E-state index is 10.6. The number of fused-ring (bicyclic) bond motifs is 1. The van der Waals surface area contributed by atoms with E-state index in [9.17, 15) is 10.1 Å². The topological polar surface area (TPSA) is 56.0 Å². The summed E-state index contributed by atoms with van der Waals surface area (Å²) in [6.45, 7) is 0. The van der Waals surface area contributed by atoms with Crippen LogP contribution in [-0.4, -0.2) is 9.91 Å². The van der Waals surface area contributed by atoms with E-state index in [1.165, 1.54) is 12.1 Å². The molecule has 0 aliphatic heterocycles. The maximum absolute atomic E-state index is 10.6. The summed E-state index contributed by atoms with van der Waals surface area (Å²) in [6.07, 6.45) is 3.68. The van der Waals surface area contributed by atoms with Crippen molar-refractivity contribution in [1.82, 2.24) is 4.98 Å². The van der Waals surface area contributed by atoms with Crippen LogP contribution in [0.1, 0.15) is 11.3 Å². The minimum atomic E-state index is -0.418. The monoisotopic (exact) mass is 310 g/mol. The van der Waals surface area contributed by atoms with Gasteiger partial charge in [0.1, 0.15) is 0 Å². The number of hydrogen-bond acceptors (Lipinski definition) is 3. The molecular weight excluding hydrogens is 300 g/mol. The first kappa shape index (κ1) is 14.2. The predicted molar refractivity (Wildman–Crippen MR) is 88.8 cm³/mol. The van der Waals surface area contributed by atoms with Gasteiger partial charge in [-0.3, -0.25) is 10.1 Å². The Labute approximate surface area is 131 Å². The fourth-order valence-electron chi connectivity index (χ4n) is 2.13. The average molecular weight is 311 g/mol. The highest BCUT2D eigenvalue weighted by Gasteiger charge is 2.03. The summed E-state index contributed by atoms with van der Waals surface area (Å²) < 4.78 is 0. The van der Waals surface area contributed by atoms with E-state index in [1.54, 1.807) is 18.2 Å². The molecular formula is C17H11ClN2O2. The minimum absolute atomic E-state index is 0.0732. The molecule has 108 valence electrons. The Bertz CT molecular complexity index is 873. The summed E-state index contributed by atoms with van der Waals surface area (Å²) in [5, 5.41) is 12.2. The third-order valence-electron chi connectivity index (χ3n) is 3.24. The number of nitro benzene ring substituents is 1. The van der Waals surface area contributed by atoms with Gasteiger partial charge >= 0.3 is 0 Å². The highest BCUT2D eigenvalue weighted by Crippen LogP contribution is 2.23. The quantitative estimate of drug-likeness (QED) is 0.507. The Morgan fingerprint density at radius 1 is 1.05 bits per heavy atom. The number of nitro groups is 1. The second-order valence-electron chi connectivity index (χ2n) is 4.73. The molecule has 4 nitrogen and oxygen atoms in total. The van der Waals surface area contributed by atoms with Crippen molar-refractivity contribution in [3.8, 4) is 0 Å². The first-order valence-electron chi connectivity index (χ1n) is 6.61. The van der Waals surface area contributed by atoms with E-state index in [4.69, 9.17) is 11.6 Å². The zero-order valence-corrected chi connectivity index (χ0v) is 12.2. The van der Waals surface area contributed by atoms with E-state index in [0.717, 1.165) is 22.2 Å². The highest BCUT2D eigenvalue weighted by atomic mass is 35.5. The van der Waals surface area contributed by atoms with Crippen LogP contribution >= 0.6 is 11.6 Å². The van der Waals surface area contributed by atoms with E-state index in [0.29, 0.717) is 5.02 Å². The van der Waals surface area contributed by atoms with Crippen LogP contribution in [0.5, 0.6) is 0 Å². The molecule has 0 saturated carbocycles. The molecule has 2 aromatic carbocycles. The van der Waals surface area contributed by atoms with Crippen molar-refractivity contribution in [2.24, 2.45) is 0 Å². The first-order chi connectivity index (χ1) is 10.6. The summed E-state index contributed by atoms with van der Waals surface area (Å²) in [6, 6.07) is 15.8. The van der Waals surface area contributed by atoms with Crippen molar-refractivity contribution >= 4 is 40.3 Å². The molecule has 5 heteroatoms. The highest BCUT2D eigenvalue weighted by molar-refractivity contribution is 6.35. The summed E-state index contributed by atoms with van der Waals surface area (Å²) in [5.74, 6) is 0. The molecule has 0 bridgehead atoms. The van der Waals surface area contributed by atoms with Crippen LogP contribution in [0.2, 0.25) is 5.02 Å². The summed E-state index contributed by atoms with van der Waals surface area (Å²) >= 11 is 6.25. The van der Waals surface area contributed by atoms with Gasteiger partial charge in [-0.05, 0) is 35.9 Å². The second-order valence-corrected chi connectivity index (χ2v) is 5.14. The number of hydrogen-bond donors (Lipinski definition) is 0. The Morgan fingerprint density at radius 2 is 1.77 bits per heavy atom. The molecule has 22 heavy (non-hydrogen) atoms. The van der Waals surface area contributed by atoms with E-state index in [2.05, 4.69) is 4.98 Å². The second kappa shape index (κ2) is 5.95. The molecule has 1 aromatic heterocycles. The number of aromatic nitrogens is 1. The molecule has 0 fully saturated rings. The SMILES string of the molecule is O=[N+]([O-])c1ccc(/C=C/c2cc(Cl)c3ccccc3n2)cc1. The number of halogens is 1. The molecule has 0 amide bonds. The van der Waals surface area contributed by atoms with Crippen molar-refractivity contribution < 1.29 is 4.92 Å². The van der Waals surface area contributed by atoms with Crippen molar-refractivity contribution in [3.63, 3.8) is 0 Å². The van der Waals surface area contributed by atoms with Gasteiger partial charge in [0.05, 0.1) is 21.2 Å². The van der Waals surface area contributed by atoms with Gasteiger partial charge in [-0.2, -0.15) is 0 Å².